The van der Waals surface area contributed by atoms with Gasteiger partial charge in [0.2, 0.25) is 0 Å². The standard InChI is InChI=1S/C6H11N3O3S/c1-5-8-6(12-9-5)7-3-4-13(2,10)11/h3-4H2,1-2H3,(H,7,8,9). The summed E-state index contributed by atoms with van der Waals surface area (Å²) in [7, 11) is -2.94. The second-order valence-corrected chi connectivity index (χ2v) is 4.96. The van der Waals surface area contributed by atoms with Crippen LogP contribution in [0.2, 0.25) is 0 Å². The van der Waals surface area contributed by atoms with E-state index in [1.165, 1.54) is 6.26 Å². The first kappa shape index (κ1) is 9.97. The molecule has 0 spiro atoms. The predicted molar refractivity (Wildman–Crippen MR) is 47.2 cm³/mol. The Kier molecular flexibility index (Phi) is 2.86. The quantitative estimate of drug-likeness (QED) is 0.734. The van der Waals surface area contributed by atoms with E-state index < -0.39 is 9.84 Å². The fourth-order valence-electron chi connectivity index (χ4n) is 0.712. The number of hydrogen-bond donors (Lipinski definition) is 1. The molecule has 0 aliphatic heterocycles. The summed E-state index contributed by atoms with van der Waals surface area (Å²) in [5.74, 6) is 0.566. The van der Waals surface area contributed by atoms with Crippen molar-refractivity contribution < 1.29 is 12.9 Å². The third kappa shape index (κ3) is 3.88. The Morgan fingerprint density at radius 2 is 2.23 bits per heavy atom. The monoisotopic (exact) mass is 205 g/mol. The molecule has 0 aliphatic rings. The van der Waals surface area contributed by atoms with Crippen LogP contribution in [0.1, 0.15) is 5.82 Å². The van der Waals surface area contributed by atoms with Gasteiger partial charge in [-0.3, -0.25) is 0 Å². The van der Waals surface area contributed by atoms with Gasteiger partial charge in [-0.05, 0) is 6.92 Å². The van der Waals surface area contributed by atoms with E-state index in [0.717, 1.165) is 0 Å². The van der Waals surface area contributed by atoms with Crippen molar-refractivity contribution in [1.29, 1.82) is 0 Å². The summed E-state index contributed by atoms with van der Waals surface area (Å²) in [6, 6.07) is 0.251. The molecule has 13 heavy (non-hydrogen) atoms. The van der Waals surface area contributed by atoms with Crippen LogP contribution in [0, 0.1) is 6.92 Å². The lowest BCUT2D eigenvalue weighted by Gasteiger charge is -1.97. The first-order chi connectivity index (χ1) is 5.97. The molecule has 0 aromatic carbocycles. The number of hydrogen-bond acceptors (Lipinski definition) is 6. The Hall–Kier alpha value is -1.11. The summed E-state index contributed by atoms with van der Waals surface area (Å²) >= 11 is 0. The molecule has 7 heteroatoms. The van der Waals surface area contributed by atoms with Gasteiger partial charge in [0.05, 0.1) is 5.75 Å². The smallest absolute Gasteiger partial charge is 0.321 e. The molecule has 0 aliphatic carbocycles. The van der Waals surface area contributed by atoms with Gasteiger partial charge in [-0.2, -0.15) is 4.98 Å². The average molecular weight is 205 g/mol. The van der Waals surface area contributed by atoms with Crippen LogP contribution in [0.15, 0.2) is 4.52 Å². The maximum atomic E-state index is 10.7. The molecule has 6 nitrogen and oxygen atoms in total. The maximum Gasteiger partial charge on any atom is 0.321 e. The van der Waals surface area contributed by atoms with E-state index in [-0.39, 0.29) is 18.3 Å². The molecule has 0 saturated carbocycles. The maximum absolute atomic E-state index is 10.7. The number of nitrogens with zero attached hydrogens (tertiary/aromatic N) is 2. The third-order valence-electron chi connectivity index (χ3n) is 1.28. The molecule has 1 N–H and O–H groups in total. The number of nitrogens with one attached hydrogen (secondary N) is 1. The average Bonchev–Trinajstić information content (AvgIpc) is 2.33. The molecule has 1 heterocycles. The highest BCUT2D eigenvalue weighted by Crippen LogP contribution is 2.00. The van der Waals surface area contributed by atoms with Crippen LogP contribution in [0.25, 0.3) is 0 Å². The number of aryl methyl sites for hydroxylation is 1. The van der Waals surface area contributed by atoms with Crippen LogP contribution in [-0.4, -0.2) is 37.1 Å². The largest absolute Gasteiger partial charge is 0.337 e. The molecule has 0 amide bonds. The molecule has 1 aromatic heterocycles. The molecular formula is C6H11N3O3S. The van der Waals surface area contributed by atoms with E-state index in [0.29, 0.717) is 5.82 Å². The van der Waals surface area contributed by atoms with Crippen molar-refractivity contribution in [3.63, 3.8) is 0 Å². The Balaban J connectivity index is 2.36. The minimum atomic E-state index is -2.94. The third-order valence-corrected chi connectivity index (χ3v) is 2.22. The van der Waals surface area contributed by atoms with E-state index in [4.69, 9.17) is 4.52 Å². The highest BCUT2D eigenvalue weighted by molar-refractivity contribution is 7.90. The molecule has 0 atom stereocenters. The summed E-state index contributed by atoms with van der Waals surface area (Å²) in [5, 5.41) is 6.24. The summed E-state index contributed by atoms with van der Waals surface area (Å²) in [5.41, 5.74) is 0. The molecule has 0 radical (unpaired) electrons. The van der Waals surface area contributed by atoms with Crippen molar-refractivity contribution >= 4 is 15.9 Å². The molecule has 0 bridgehead atoms. The van der Waals surface area contributed by atoms with Crippen molar-refractivity contribution in [2.45, 2.75) is 6.92 Å². The van der Waals surface area contributed by atoms with E-state index in [1.807, 2.05) is 0 Å². The van der Waals surface area contributed by atoms with Crippen LogP contribution in [0.4, 0.5) is 6.01 Å². The second kappa shape index (κ2) is 3.73. The van der Waals surface area contributed by atoms with Gasteiger partial charge in [-0.15, -0.1) is 0 Å². The molecule has 0 unspecified atom stereocenters. The second-order valence-electron chi connectivity index (χ2n) is 2.70. The summed E-state index contributed by atoms with van der Waals surface area (Å²) in [4.78, 5) is 3.85. The van der Waals surface area contributed by atoms with Gasteiger partial charge < -0.3 is 9.84 Å². The van der Waals surface area contributed by atoms with Gasteiger partial charge >= 0.3 is 6.01 Å². The number of anilines is 1. The minimum Gasteiger partial charge on any atom is -0.337 e. The first-order valence-corrected chi connectivity index (χ1v) is 5.75. The van der Waals surface area contributed by atoms with Gasteiger partial charge in [-0.1, -0.05) is 5.16 Å². The van der Waals surface area contributed by atoms with Crippen LogP contribution in [0.5, 0.6) is 0 Å². The van der Waals surface area contributed by atoms with Gasteiger partial charge in [0.1, 0.15) is 9.84 Å². The first-order valence-electron chi connectivity index (χ1n) is 3.69. The van der Waals surface area contributed by atoms with Gasteiger partial charge in [0.15, 0.2) is 5.82 Å². The normalized spacial score (nSPS) is 11.5. The van der Waals surface area contributed by atoms with Crippen LogP contribution in [0.3, 0.4) is 0 Å². The van der Waals surface area contributed by atoms with Crippen molar-refractivity contribution in [1.82, 2.24) is 10.1 Å². The van der Waals surface area contributed by atoms with Crippen molar-refractivity contribution in [2.75, 3.05) is 23.9 Å². The van der Waals surface area contributed by atoms with Crippen LogP contribution >= 0.6 is 0 Å². The van der Waals surface area contributed by atoms with Crippen molar-refractivity contribution in [3.05, 3.63) is 5.82 Å². The zero-order chi connectivity index (χ0) is 9.90. The van der Waals surface area contributed by atoms with Crippen LogP contribution < -0.4 is 5.32 Å². The van der Waals surface area contributed by atoms with Gasteiger partial charge in [-0.25, -0.2) is 8.42 Å². The Morgan fingerprint density at radius 1 is 1.54 bits per heavy atom. The number of rotatable bonds is 4. The zero-order valence-corrected chi connectivity index (χ0v) is 8.26. The molecular weight excluding hydrogens is 194 g/mol. The predicted octanol–water partition coefficient (Wildman–Crippen LogP) is -0.165. The lowest BCUT2D eigenvalue weighted by atomic mass is 10.7. The number of sulfone groups is 1. The topological polar surface area (TPSA) is 85.1 Å². The SMILES string of the molecule is Cc1noc(NCCS(C)(=O)=O)n1. The lowest BCUT2D eigenvalue weighted by Crippen LogP contribution is -2.14. The van der Waals surface area contributed by atoms with E-state index in [9.17, 15) is 8.42 Å². The summed E-state index contributed by atoms with van der Waals surface area (Å²) in [6.45, 7) is 1.96. The van der Waals surface area contributed by atoms with E-state index in [2.05, 4.69) is 15.5 Å². The van der Waals surface area contributed by atoms with Crippen molar-refractivity contribution in [3.8, 4) is 0 Å². The Morgan fingerprint density at radius 3 is 2.69 bits per heavy atom. The zero-order valence-electron chi connectivity index (χ0n) is 7.44. The van der Waals surface area contributed by atoms with Crippen molar-refractivity contribution in [2.24, 2.45) is 0 Å². The summed E-state index contributed by atoms with van der Waals surface area (Å²) < 4.78 is 26.2. The Labute approximate surface area is 76.3 Å². The molecule has 0 fully saturated rings. The molecule has 0 saturated heterocycles. The lowest BCUT2D eigenvalue weighted by molar-refractivity contribution is 0.426. The van der Waals surface area contributed by atoms with Gasteiger partial charge in [0, 0.05) is 12.8 Å². The molecule has 1 aromatic rings. The van der Waals surface area contributed by atoms with E-state index in [1.54, 1.807) is 6.92 Å². The van der Waals surface area contributed by atoms with E-state index >= 15 is 0 Å². The highest BCUT2D eigenvalue weighted by atomic mass is 32.2. The Bertz CT molecular complexity index is 370. The fourth-order valence-corrected chi connectivity index (χ4v) is 1.19. The summed E-state index contributed by atoms with van der Waals surface area (Å²) in [6.07, 6.45) is 1.17. The molecule has 74 valence electrons. The fraction of sp³-hybridized carbons (Fsp3) is 0.667. The highest BCUT2D eigenvalue weighted by Gasteiger charge is 2.04. The van der Waals surface area contributed by atoms with Gasteiger partial charge in [0.25, 0.3) is 0 Å². The minimum absolute atomic E-state index is 0.0500. The van der Waals surface area contributed by atoms with Crippen LogP contribution in [-0.2, 0) is 9.84 Å². The number of aromatic nitrogens is 2. The molecule has 1 rings (SSSR count).